The normalized spacial score (nSPS) is 16.5. The van der Waals surface area contributed by atoms with Gasteiger partial charge in [0.1, 0.15) is 0 Å². The molecule has 2 aromatic carbocycles. The molecule has 0 bridgehead atoms. The number of hydrogen-bond acceptors (Lipinski definition) is 0. The van der Waals surface area contributed by atoms with Crippen LogP contribution in [0.2, 0.25) is 13.1 Å². The summed E-state index contributed by atoms with van der Waals surface area (Å²) < 4.78 is 0. The second kappa shape index (κ2) is 11.1. The first-order chi connectivity index (χ1) is 11.9. The number of hydrogen-bond donors (Lipinski definition) is 0. The van der Waals surface area contributed by atoms with Crippen molar-refractivity contribution < 1.29 is 51.0 Å². The molecule has 0 nitrogen and oxygen atoms in total. The van der Waals surface area contributed by atoms with Crippen LogP contribution < -0.4 is 24.8 Å². The molecular formula is C24H30Cl2SiZr. The molecule has 0 N–H and O–H groups in total. The van der Waals surface area contributed by atoms with Crippen LogP contribution in [0.5, 0.6) is 0 Å². The third-order valence-electron chi connectivity index (χ3n) is 6.32. The molecule has 1 aliphatic carbocycles. The molecular weight excluding hydrogens is 478 g/mol. The van der Waals surface area contributed by atoms with Crippen molar-refractivity contribution in [1.29, 1.82) is 0 Å². The maximum atomic E-state index is 2.57. The van der Waals surface area contributed by atoms with Crippen LogP contribution in [0, 0.1) is 5.92 Å². The Morgan fingerprint density at radius 1 is 0.714 bits per heavy atom. The molecule has 0 aromatic heterocycles. The minimum absolute atomic E-state index is 0. The minimum Gasteiger partial charge on any atom is -1.00 e. The number of halogens is 2. The zero-order chi connectivity index (χ0) is 18.2. The molecule has 1 atom stereocenters. The van der Waals surface area contributed by atoms with Crippen LogP contribution in [0.25, 0.3) is 0 Å². The Morgan fingerprint density at radius 2 is 1.11 bits per heavy atom. The third-order valence-corrected chi connectivity index (χ3v) is 10.6. The van der Waals surface area contributed by atoms with Crippen molar-refractivity contribution in [2.45, 2.75) is 46.3 Å². The van der Waals surface area contributed by atoms with Crippen LogP contribution >= 0.6 is 0 Å². The van der Waals surface area contributed by atoms with Crippen LogP contribution in [-0.2, 0) is 26.2 Å². The Hall–Kier alpha value is -0.400. The van der Waals surface area contributed by atoms with E-state index in [1.807, 2.05) is 0 Å². The SMILES string of the molecule is CC1=C(C)C(C)C([Si](C)(C)C(c2ccccc2)c2ccccc2)=C1C.[Cl-].[Cl-].[Zr+2]. The molecule has 0 spiro atoms. The predicted molar refractivity (Wildman–Crippen MR) is 112 cm³/mol. The first-order valence-electron chi connectivity index (χ1n) is 9.34. The van der Waals surface area contributed by atoms with Gasteiger partial charge in [-0.3, -0.25) is 0 Å². The Morgan fingerprint density at radius 3 is 1.43 bits per heavy atom. The van der Waals surface area contributed by atoms with Crippen molar-refractivity contribution in [2.75, 3.05) is 0 Å². The molecule has 0 radical (unpaired) electrons. The summed E-state index contributed by atoms with van der Waals surface area (Å²) in [5.74, 6) is 0.580. The summed E-state index contributed by atoms with van der Waals surface area (Å²) in [6.07, 6.45) is 0. The Labute approximate surface area is 203 Å². The number of benzene rings is 2. The second-order valence-corrected chi connectivity index (χ2v) is 12.6. The van der Waals surface area contributed by atoms with Gasteiger partial charge in [-0.1, -0.05) is 97.0 Å². The molecule has 0 saturated carbocycles. The summed E-state index contributed by atoms with van der Waals surface area (Å²) in [7, 11) is -1.75. The van der Waals surface area contributed by atoms with Crippen molar-refractivity contribution in [1.82, 2.24) is 0 Å². The molecule has 4 heteroatoms. The maximum Gasteiger partial charge on any atom is 2.00 e. The zero-order valence-electron chi connectivity index (χ0n) is 17.7. The second-order valence-electron chi connectivity index (χ2n) is 8.04. The molecule has 0 heterocycles. The van der Waals surface area contributed by atoms with Gasteiger partial charge < -0.3 is 24.8 Å². The van der Waals surface area contributed by atoms with Gasteiger partial charge in [-0.2, -0.15) is 0 Å². The van der Waals surface area contributed by atoms with E-state index in [-0.39, 0.29) is 51.0 Å². The average Bonchev–Trinajstić information content (AvgIpc) is 2.80. The van der Waals surface area contributed by atoms with Gasteiger partial charge in [0.05, 0.1) is 8.07 Å². The first kappa shape index (κ1) is 27.6. The summed E-state index contributed by atoms with van der Waals surface area (Å²) in [5.41, 5.74) is 8.04. The standard InChI is InChI=1S/C24H30Si.2ClH.Zr/c1-17-18(2)20(4)23(19(17)3)25(5,6)24(21-13-9-7-10-14-21)22-15-11-8-12-16-22;;;/h7-16,19,24H,1-6H3;2*1H;/q;;;+2/p-2. The number of rotatable bonds is 4. The van der Waals surface area contributed by atoms with Gasteiger partial charge in [0.25, 0.3) is 0 Å². The molecule has 1 aliphatic rings. The van der Waals surface area contributed by atoms with Gasteiger partial charge in [-0.05, 0) is 43.4 Å². The summed E-state index contributed by atoms with van der Waals surface area (Å²) in [4.78, 5) is 0. The van der Waals surface area contributed by atoms with Crippen LogP contribution in [0.15, 0.2) is 82.6 Å². The predicted octanol–water partition coefficient (Wildman–Crippen LogP) is 0.913. The summed E-state index contributed by atoms with van der Waals surface area (Å²) in [6, 6.07) is 22.2. The zero-order valence-corrected chi connectivity index (χ0v) is 22.7. The summed E-state index contributed by atoms with van der Waals surface area (Å²) >= 11 is 0. The van der Waals surface area contributed by atoms with E-state index in [4.69, 9.17) is 0 Å². The quantitative estimate of drug-likeness (QED) is 0.539. The molecule has 148 valence electrons. The molecule has 0 saturated heterocycles. The first-order valence-corrected chi connectivity index (χ1v) is 12.4. The largest absolute Gasteiger partial charge is 2.00 e. The fourth-order valence-corrected chi connectivity index (χ4v) is 9.73. The van der Waals surface area contributed by atoms with E-state index in [1.165, 1.54) is 16.7 Å². The van der Waals surface area contributed by atoms with E-state index in [0.29, 0.717) is 11.5 Å². The van der Waals surface area contributed by atoms with Gasteiger partial charge in [0, 0.05) is 5.54 Å². The van der Waals surface area contributed by atoms with Crippen LogP contribution in [0.4, 0.5) is 0 Å². The van der Waals surface area contributed by atoms with E-state index in [1.54, 1.807) is 16.3 Å². The van der Waals surface area contributed by atoms with E-state index in [9.17, 15) is 0 Å². The molecule has 3 rings (SSSR count). The monoisotopic (exact) mass is 506 g/mol. The van der Waals surface area contributed by atoms with E-state index in [2.05, 4.69) is 101 Å². The molecule has 0 amide bonds. The van der Waals surface area contributed by atoms with E-state index in [0.717, 1.165) is 0 Å². The van der Waals surface area contributed by atoms with Crippen LogP contribution in [0.3, 0.4) is 0 Å². The number of allylic oxidation sites excluding steroid dienone is 4. The van der Waals surface area contributed by atoms with Crippen molar-refractivity contribution in [3.63, 3.8) is 0 Å². The maximum absolute atomic E-state index is 2.57. The smallest absolute Gasteiger partial charge is 1.00 e. The van der Waals surface area contributed by atoms with Gasteiger partial charge in [0.15, 0.2) is 0 Å². The van der Waals surface area contributed by atoms with Crippen molar-refractivity contribution in [3.05, 3.63) is 93.7 Å². The fraction of sp³-hybridized carbons (Fsp3) is 0.333. The van der Waals surface area contributed by atoms with Crippen molar-refractivity contribution >= 4 is 8.07 Å². The molecule has 28 heavy (non-hydrogen) atoms. The Bertz CT molecular complexity index is 787. The van der Waals surface area contributed by atoms with E-state index < -0.39 is 8.07 Å². The summed E-state index contributed by atoms with van der Waals surface area (Å²) in [5, 5.41) is 1.74. The summed E-state index contributed by atoms with van der Waals surface area (Å²) in [6.45, 7) is 14.5. The fourth-order valence-electron chi connectivity index (χ4n) is 4.88. The van der Waals surface area contributed by atoms with Gasteiger partial charge >= 0.3 is 26.2 Å². The van der Waals surface area contributed by atoms with E-state index >= 15 is 0 Å². The molecule has 0 fully saturated rings. The molecule has 1 unspecified atom stereocenters. The van der Waals surface area contributed by atoms with Crippen molar-refractivity contribution in [3.8, 4) is 0 Å². The Kier molecular flexibility index (Phi) is 11.0. The average molecular weight is 509 g/mol. The minimum atomic E-state index is -1.75. The van der Waals surface area contributed by atoms with Gasteiger partial charge in [-0.25, -0.2) is 0 Å². The van der Waals surface area contributed by atoms with Crippen LogP contribution in [0.1, 0.15) is 44.4 Å². The molecule has 0 aliphatic heterocycles. The van der Waals surface area contributed by atoms with Gasteiger partial charge in [-0.15, -0.1) is 0 Å². The topological polar surface area (TPSA) is 0 Å². The molecule has 2 aromatic rings. The van der Waals surface area contributed by atoms with Gasteiger partial charge in [0.2, 0.25) is 0 Å². The third kappa shape index (κ3) is 5.01. The Balaban J connectivity index is 0.00000243. The van der Waals surface area contributed by atoms with Crippen molar-refractivity contribution in [2.24, 2.45) is 5.92 Å². The van der Waals surface area contributed by atoms with Crippen LogP contribution in [-0.4, -0.2) is 8.07 Å².